The smallest absolute Gasteiger partial charge is 0.410 e. The van der Waals surface area contributed by atoms with E-state index in [4.69, 9.17) is 23.8 Å². The zero-order valence-corrected chi connectivity index (χ0v) is 61.3. The maximum atomic E-state index is 14.6. The van der Waals surface area contributed by atoms with Crippen molar-refractivity contribution >= 4 is 100 Å². The van der Waals surface area contributed by atoms with E-state index in [1.165, 1.54) is 62.1 Å². The van der Waals surface area contributed by atoms with Crippen LogP contribution >= 0.6 is 11.8 Å². The third-order valence-corrected chi connectivity index (χ3v) is 20.8. The summed E-state index contributed by atoms with van der Waals surface area (Å²) in [5.41, 5.74) is 0.262. The Balaban J connectivity index is 0.885. The molecule has 0 radical (unpaired) electrons. The van der Waals surface area contributed by atoms with Gasteiger partial charge in [0.15, 0.2) is 5.78 Å². The number of methoxy groups -OCH3 is 3. The fraction of sp³-hybridized carbons (Fsp3) is 0.634. The van der Waals surface area contributed by atoms with Crippen LogP contribution in [0.25, 0.3) is 0 Å². The lowest BCUT2D eigenvalue weighted by Crippen LogP contribution is -2.55. The highest BCUT2D eigenvalue weighted by Gasteiger charge is 2.49. The molecule has 12 amide bonds. The lowest BCUT2D eigenvalue weighted by Gasteiger charge is -2.39. The lowest BCUT2D eigenvalue weighted by molar-refractivity contribution is -0.198. The summed E-state index contributed by atoms with van der Waals surface area (Å²) in [6.45, 7) is 11.4. The van der Waals surface area contributed by atoms with Crippen molar-refractivity contribution in [3.8, 4) is 5.75 Å². The highest BCUT2D eigenvalue weighted by molar-refractivity contribution is 8.00. The molecule has 0 aromatic heterocycles. The molecule has 1 saturated carbocycles. The normalized spacial score (nSPS) is 18.4. The molecule has 4 aliphatic rings. The summed E-state index contributed by atoms with van der Waals surface area (Å²) in [7, 11) is 7.23. The average Bonchev–Trinajstić information content (AvgIpc) is 1.61. The van der Waals surface area contributed by atoms with Crippen molar-refractivity contribution in [3.05, 3.63) is 59.4 Å². The monoisotopic (exact) mass is 1450 g/mol. The van der Waals surface area contributed by atoms with Crippen molar-refractivity contribution in [1.82, 2.24) is 45.9 Å². The number of nitrogens with one attached hydrogen (secondary N) is 5. The minimum absolute atomic E-state index is 0.00926. The van der Waals surface area contributed by atoms with Crippen LogP contribution in [0.2, 0.25) is 0 Å². The molecule has 31 heteroatoms. The number of hydrogen-bond acceptors (Lipinski definition) is 20. The summed E-state index contributed by atoms with van der Waals surface area (Å²) in [4.78, 5) is 194. The Kier molecular flexibility index (Phi) is 31.2. The van der Waals surface area contributed by atoms with Gasteiger partial charge in [-0.1, -0.05) is 73.4 Å². The average molecular weight is 1450 g/mol. The number of amides is 12. The third kappa shape index (κ3) is 22.7. The number of thioether (sulfide) groups is 1. The van der Waals surface area contributed by atoms with Crippen LogP contribution in [0.4, 0.5) is 14.9 Å². The fourth-order valence-electron chi connectivity index (χ4n) is 12.9. The maximum absolute atomic E-state index is 14.6. The molecular formula is C71H101FN10O19S. The number of hydroxylamine groups is 2. The van der Waals surface area contributed by atoms with Gasteiger partial charge in [-0.2, -0.15) is 0 Å². The number of carbonyl (C=O) groups excluding carboxylic acids is 14. The first kappa shape index (κ1) is 82.4. The minimum Gasteiger partial charge on any atom is -0.497 e. The molecule has 6 rings (SSSR count). The number of likely N-dealkylation sites (tertiary alicyclic amines) is 2. The number of halogens is 1. The predicted molar refractivity (Wildman–Crippen MR) is 370 cm³/mol. The van der Waals surface area contributed by atoms with Gasteiger partial charge in [0.05, 0.1) is 80.6 Å². The van der Waals surface area contributed by atoms with E-state index in [1.54, 1.807) is 70.8 Å². The molecule has 29 nitrogen and oxygen atoms in total. The molecule has 0 bridgehead atoms. The fourth-order valence-corrected chi connectivity index (χ4v) is 14.4. The van der Waals surface area contributed by atoms with Crippen LogP contribution in [0.3, 0.4) is 0 Å². The molecule has 562 valence electrons. The number of likely N-dealkylation sites (N-methyl/N-ethyl adjacent to an activating group) is 2. The second kappa shape index (κ2) is 38.6. The Labute approximate surface area is 599 Å². The number of imide groups is 2. The largest absolute Gasteiger partial charge is 0.497 e. The van der Waals surface area contributed by atoms with Crippen LogP contribution in [-0.4, -0.2) is 223 Å². The molecule has 3 heterocycles. The van der Waals surface area contributed by atoms with E-state index >= 15 is 0 Å². The van der Waals surface area contributed by atoms with E-state index in [0.717, 1.165) is 11.0 Å². The standard InChI is InChI=1S/C71H101FN10O19S/c1-13-43(6)64(52(98-11)33-58(88)80-31-17-18-50(80)65(99-12)44(7)66(92)73-36-51(83)48-25-24-47(97-10)32-49(48)72)78(8)60(90)38-75-68(94)63(42(4)5)79(9)70(96)100-39-45-20-22-46(23-21-45)76-55(85)37-74-67(93)62(41(2)3)77-54(84)19-15-14-16-30-81-59(89)34-53(69(81)95)102-40-71(28-29-71)35-61(91)101-82-56(86)26-27-57(82)87/h20-25,32,41-44,50,52-53,62-65H,13-19,26-31,33-40H2,1-12H3,(H,73,92)(H,74,93)(H,75,94)(H,76,85)(H,77,84)/t43-,44+,50-,52+,53?,62?,63?,64?,65+/m0/s1. The van der Waals surface area contributed by atoms with Crippen molar-refractivity contribution in [2.45, 2.75) is 187 Å². The second-order valence-corrected chi connectivity index (χ2v) is 28.6. The van der Waals surface area contributed by atoms with Crippen molar-refractivity contribution in [2.24, 2.45) is 29.1 Å². The summed E-state index contributed by atoms with van der Waals surface area (Å²) >= 11 is 1.31. The van der Waals surface area contributed by atoms with E-state index in [9.17, 15) is 71.5 Å². The van der Waals surface area contributed by atoms with Gasteiger partial charge in [-0.15, -0.1) is 16.8 Å². The molecular weight excluding hydrogens is 1350 g/mol. The van der Waals surface area contributed by atoms with Crippen LogP contribution in [0, 0.1) is 34.9 Å². The first-order valence-electron chi connectivity index (χ1n) is 34.8. The zero-order valence-electron chi connectivity index (χ0n) is 60.5. The topological polar surface area (TPSA) is 361 Å². The zero-order chi connectivity index (χ0) is 75.3. The molecule has 4 fully saturated rings. The van der Waals surface area contributed by atoms with E-state index < -0.39 is 149 Å². The van der Waals surface area contributed by atoms with Gasteiger partial charge in [0.1, 0.15) is 30.3 Å². The molecule has 4 unspecified atom stereocenters. The molecule has 2 aromatic carbocycles. The molecule has 3 aliphatic heterocycles. The number of unbranched alkanes of at least 4 members (excludes halogenated alkanes) is 2. The van der Waals surface area contributed by atoms with Gasteiger partial charge < -0.3 is 60.2 Å². The number of hydrogen-bond donors (Lipinski definition) is 5. The third-order valence-electron chi connectivity index (χ3n) is 19.3. The molecule has 1 aliphatic carbocycles. The number of anilines is 1. The van der Waals surface area contributed by atoms with Gasteiger partial charge in [0.2, 0.25) is 53.2 Å². The van der Waals surface area contributed by atoms with Crippen LogP contribution in [0.5, 0.6) is 5.75 Å². The Bertz CT molecular complexity index is 3360. The number of carbonyl (C=O) groups is 14. The highest BCUT2D eigenvalue weighted by atomic mass is 32.2. The first-order valence-corrected chi connectivity index (χ1v) is 35.8. The molecule has 102 heavy (non-hydrogen) atoms. The Morgan fingerprint density at radius 2 is 1.42 bits per heavy atom. The Hall–Kier alpha value is -8.58. The van der Waals surface area contributed by atoms with Crippen LogP contribution in [0.15, 0.2) is 42.5 Å². The summed E-state index contributed by atoms with van der Waals surface area (Å²) in [6.07, 6.45) is 2.04. The maximum Gasteiger partial charge on any atom is 0.410 e. The summed E-state index contributed by atoms with van der Waals surface area (Å²) in [6, 6.07) is 6.97. The number of Topliss-reactive ketones (excluding diaryl/α,β-unsaturated/α-hetero) is 1. The van der Waals surface area contributed by atoms with Gasteiger partial charge in [0.25, 0.3) is 11.8 Å². The van der Waals surface area contributed by atoms with E-state index in [0.29, 0.717) is 80.0 Å². The summed E-state index contributed by atoms with van der Waals surface area (Å²) in [5, 5.41) is 13.2. The van der Waals surface area contributed by atoms with Crippen molar-refractivity contribution < 1.29 is 95.3 Å². The molecule has 5 N–H and O–H groups in total. The van der Waals surface area contributed by atoms with Crippen LogP contribution in [-0.2, 0) is 83.2 Å². The SMILES string of the molecule is CC[C@H](C)C([C@@H](CC(=O)N1CCC[C@H]1[C@H](OC)[C@@H](C)C(=O)NCC(=O)c1ccc(OC)cc1F)OC)N(C)C(=O)CNC(=O)C(C(C)C)N(C)C(=O)OCc1ccc(NC(=O)CNC(=O)C(NC(=O)CCCCCN2C(=O)CC(SCC3(CC(=O)ON4C(=O)CCC4=O)CC3)C2=O)C(C)C)cc1. The van der Waals surface area contributed by atoms with Crippen LogP contribution < -0.4 is 31.3 Å². The van der Waals surface area contributed by atoms with E-state index in [-0.39, 0.29) is 92.5 Å². The number of ether oxygens (including phenoxy) is 4. The second-order valence-electron chi connectivity index (χ2n) is 27.4. The number of ketones is 1. The van der Waals surface area contributed by atoms with Gasteiger partial charge >= 0.3 is 12.1 Å². The highest BCUT2D eigenvalue weighted by Crippen LogP contribution is 2.52. The predicted octanol–water partition coefficient (Wildman–Crippen LogP) is 4.86. The van der Waals surface area contributed by atoms with Crippen LogP contribution in [0.1, 0.15) is 154 Å². The Morgan fingerprint density at radius 3 is 2.03 bits per heavy atom. The number of nitrogens with zero attached hydrogens (tertiary/aromatic N) is 5. The quantitative estimate of drug-likeness (QED) is 0.0338. The molecule has 9 atom stereocenters. The number of benzene rings is 2. The molecule has 3 saturated heterocycles. The van der Waals surface area contributed by atoms with E-state index in [2.05, 4.69) is 26.6 Å². The minimum atomic E-state index is -1.07. The Morgan fingerprint density at radius 1 is 0.755 bits per heavy atom. The van der Waals surface area contributed by atoms with Gasteiger partial charge in [-0.25, -0.2) is 14.0 Å². The van der Waals surface area contributed by atoms with Crippen molar-refractivity contribution in [2.75, 3.05) is 79.2 Å². The molecule has 0 spiro atoms. The molecule has 2 aromatic rings. The lowest BCUT2D eigenvalue weighted by atomic mass is 9.90. The summed E-state index contributed by atoms with van der Waals surface area (Å²) in [5.74, 6) is -8.45. The first-order chi connectivity index (χ1) is 48.4. The van der Waals surface area contributed by atoms with Crippen molar-refractivity contribution in [1.29, 1.82) is 0 Å². The van der Waals surface area contributed by atoms with Gasteiger partial charge in [0, 0.05) is 84.6 Å². The van der Waals surface area contributed by atoms with Gasteiger partial charge in [-0.3, -0.25) is 67.3 Å². The van der Waals surface area contributed by atoms with Crippen molar-refractivity contribution in [3.63, 3.8) is 0 Å². The van der Waals surface area contributed by atoms with Gasteiger partial charge in [-0.05, 0) is 91.5 Å². The van der Waals surface area contributed by atoms with E-state index in [1.807, 2.05) is 13.8 Å². The number of rotatable bonds is 40. The summed E-state index contributed by atoms with van der Waals surface area (Å²) < 4.78 is 37.0.